The van der Waals surface area contributed by atoms with Crippen LogP contribution < -0.4 is 0 Å². The molecule has 160 valence electrons. The van der Waals surface area contributed by atoms with E-state index in [0.717, 1.165) is 17.8 Å². The minimum Gasteiger partial charge on any atom is -0.303 e. The van der Waals surface area contributed by atoms with Crippen molar-refractivity contribution in [1.82, 2.24) is 4.90 Å². The summed E-state index contributed by atoms with van der Waals surface area (Å²) in [7, 11) is 0. The van der Waals surface area contributed by atoms with Crippen LogP contribution in [0.25, 0.3) is 0 Å². The van der Waals surface area contributed by atoms with Gasteiger partial charge in [0.05, 0.1) is 0 Å². The molecule has 0 amide bonds. The summed E-state index contributed by atoms with van der Waals surface area (Å²) in [5, 5.41) is 0. The highest BCUT2D eigenvalue weighted by atomic mass is 15.1. The average molecular weight is 410 g/mol. The van der Waals surface area contributed by atoms with E-state index in [2.05, 4.69) is 95.9 Å². The van der Waals surface area contributed by atoms with Gasteiger partial charge in [0, 0.05) is 6.54 Å². The van der Waals surface area contributed by atoms with Crippen molar-refractivity contribution in [2.75, 3.05) is 19.6 Å². The fourth-order valence-electron chi connectivity index (χ4n) is 6.17. The van der Waals surface area contributed by atoms with Gasteiger partial charge in [-0.05, 0) is 85.6 Å². The van der Waals surface area contributed by atoms with Gasteiger partial charge in [-0.3, -0.25) is 0 Å². The molecule has 5 rings (SSSR count). The number of rotatable bonds is 6. The van der Waals surface area contributed by atoms with Gasteiger partial charge in [-0.1, -0.05) is 91.0 Å². The normalized spacial score (nSPS) is 25.0. The Bertz CT molecular complexity index is 912. The summed E-state index contributed by atoms with van der Waals surface area (Å²) in [5.41, 5.74) is 4.60. The topological polar surface area (TPSA) is 3.24 Å². The summed E-state index contributed by atoms with van der Waals surface area (Å²) in [4.78, 5) is 2.77. The Kier molecular flexibility index (Phi) is 6.51. The molecule has 0 spiro atoms. The van der Waals surface area contributed by atoms with Gasteiger partial charge in [-0.25, -0.2) is 0 Å². The van der Waals surface area contributed by atoms with Crippen LogP contribution in [0.1, 0.15) is 54.2 Å². The maximum atomic E-state index is 2.77. The predicted octanol–water partition coefficient (Wildman–Crippen LogP) is 6.92. The number of nitrogens with zero attached hydrogens (tertiary/aromatic N) is 1. The van der Waals surface area contributed by atoms with Crippen molar-refractivity contribution in [3.05, 3.63) is 108 Å². The van der Waals surface area contributed by atoms with Crippen molar-refractivity contribution in [3.8, 4) is 0 Å². The van der Waals surface area contributed by atoms with Gasteiger partial charge in [0.1, 0.15) is 0 Å². The van der Waals surface area contributed by atoms with Gasteiger partial charge in [0.2, 0.25) is 0 Å². The first-order valence-electron chi connectivity index (χ1n) is 12.2. The van der Waals surface area contributed by atoms with Crippen LogP contribution in [0.4, 0.5) is 0 Å². The van der Waals surface area contributed by atoms with Crippen LogP contribution >= 0.6 is 0 Å². The van der Waals surface area contributed by atoms with Crippen LogP contribution in [0.3, 0.4) is 0 Å². The Morgan fingerprint density at radius 3 is 1.87 bits per heavy atom. The van der Waals surface area contributed by atoms with Crippen LogP contribution in [0.15, 0.2) is 91.0 Å². The molecule has 3 unspecified atom stereocenters. The van der Waals surface area contributed by atoms with Gasteiger partial charge in [0.25, 0.3) is 0 Å². The fraction of sp³-hybridized carbons (Fsp3) is 0.400. The summed E-state index contributed by atoms with van der Waals surface area (Å²) in [6.07, 6.45) is 6.55. The zero-order valence-corrected chi connectivity index (χ0v) is 18.6. The molecule has 1 heterocycles. The zero-order valence-electron chi connectivity index (χ0n) is 18.6. The highest BCUT2D eigenvalue weighted by molar-refractivity contribution is 5.24. The summed E-state index contributed by atoms with van der Waals surface area (Å²) >= 11 is 0. The van der Waals surface area contributed by atoms with E-state index >= 15 is 0 Å². The second-order valence-electron chi connectivity index (χ2n) is 9.79. The third-order valence-electron chi connectivity index (χ3n) is 7.74. The molecule has 1 saturated heterocycles. The summed E-state index contributed by atoms with van der Waals surface area (Å²) in [5.74, 6) is 3.04. The smallest absolute Gasteiger partial charge is 0.00156 e. The Morgan fingerprint density at radius 2 is 1.23 bits per heavy atom. The van der Waals surface area contributed by atoms with Crippen molar-refractivity contribution < 1.29 is 0 Å². The molecule has 3 atom stereocenters. The maximum absolute atomic E-state index is 2.77. The first-order chi connectivity index (χ1) is 15.3. The third kappa shape index (κ3) is 5.10. The van der Waals surface area contributed by atoms with E-state index in [1.165, 1.54) is 62.9 Å². The lowest BCUT2D eigenvalue weighted by Gasteiger charge is -2.35. The van der Waals surface area contributed by atoms with Crippen LogP contribution in [0.5, 0.6) is 0 Å². The van der Waals surface area contributed by atoms with Crippen molar-refractivity contribution >= 4 is 0 Å². The van der Waals surface area contributed by atoms with E-state index in [1.54, 1.807) is 5.56 Å². The van der Waals surface area contributed by atoms with E-state index in [4.69, 9.17) is 0 Å². The molecule has 1 saturated carbocycles. The van der Waals surface area contributed by atoms with E-state index in [-0.39, 0.29) is 0 Å². The second-order valence-corrected chi connectivity index (χ2v) is 9.79. The van der Waals surface area contributed by atoms with Gasteiger partial charge in [-0.2, -0.15) is 0 Å². The highest BCUT2D eigenvalue weighted by Crippen LogP contribution is 2.45. The molecular weight excluding hydrogens is 374 g/mol. The molecule has 31 heavy (non-hydrogen) atoms. The Balaban J connectivity index is 1.24. The SMILES string of the molecule is c1ccc(CC2CC(CN3CCC(c4ccccc4)CC3)C(c3ccccc3)C2)cc1. The van der Waals surface area contributed by atoms with Crippen LogP contribution in [-0.2, 0) is 6.42 Å². The molecule has 0 bridgehead atoms. The minimum atomic E-state index is 0.710. The first kappa shape index (κ1) is 20.5. The molecule has 3 aromatic rings. The van der Waals surface area contributed by atoms with E-state index in [9.17, 15) is 0 Å². The average Bonchev–Trinajstić information content (AvgIpc) is 3.23. The lowest BCUT2D eigenvalue weighted by atomic mass is 9.86. The zero-order chi connectivity index (χ0) is 20.9. The molecule has 1 aliphatic heterocycles. The first-order valence-corrected chi connectivity index (χ1v) is 12.2. The summed E-state index contributed by atoms with van der Waals surface area (Å²) in [6, 6.07) is 33.6. The van der Waals surface area contributed by atoms with Gasteiger partial charge in [-0.15, -0.1) is 0 Å². The van der Waals surface area contributed by atoms with E-state index in [1.807, 2.05) is 0 Å². The number of hydrogen-bond donors (Lipinski definition) is 0. The van der Waals surface area contributed by atoms with E-state index in [0.29, 0.717) is 5.92 Å². The monoisotopic (exact) mass is 409 g/mol. The Hall–Kier alpha value is -2.38. The van der Waals surface area contributed by atoms with Crippen molar-refractivity contribution in [3.63, 3.8) is 0 Å². The lowest BCUT2D eigenvalue weighted by Crippen LogP contribution is -2.37. The van der Waals surface area contributed by atoms with Crippen molar-refractivity contribution in [1.29, 1.82) is 0 Å². The largest absolute Gasteiger partial charge is 0.303 e. The van der Waals surface area contributed by atoms with E-state index < -0.39 is 0 Å². The fourth-order valence-corrected chi connectivity index (χ4v) is 6.17. The summed E-state index contributed by atoms with van der Waals surface area (Å²) < 4.78 is 0. The minimum absolute atomic E-state index is 0.710. The number of hydrogen-bond acceptors (Lipinski definition) is 1. The van der Waals surface area contributed by atoms with Crippen LogP contribution in [0.2, 0.25) is 0 Å². The maximum Gasteiger partial charge on any atom is 0.00156 e. The van der Waals surface area contributed by atoms with Crippen LogP contribution in [-0.4, -0.2) is 24.5 Å². The second kappa shape index (κ2) is 9.83. The molecule has 1 heteroatoms. The number of likely N-dealkylation sites (tertiary alicyclic amines) is 1. The van der Waals surface area contributed by atoms with Crippen molar-refractivity contribution in [2.45, 2.75) is 43.9 Å². The Labute approximate surface area is 188 Å². The predicted molar refractivity (Wildman–Crippen MR) is 130 cm³/mol. The van der Waals surface area contributed by atoms with Gasteiger partial charge in [0.15, 0.2) is 0 Å². The highest BCUT2D eigenvalue weighted by Gasteiger charge is 2.36. The Morgan fingerprint density at radius 1 is 0.645 bits per heavy atom. The quantitative estimate of drug-likeness (QED) is 0.427. The molecule has 0 aromatic heterocycles. The number of piperidine rings is 1. The molecule has 0 radical (unpaired) electrons. The molecule has 3 aromatic carbocycles. The number of benzene rings is 3. The molecule has 2 aliphatic rings. The van der Waals surface area contributed by atoms with Gasteiger partial charge >= 0.3 is 0 Å². The molecule has 0 N–H and O–H groups in total. The molecular formula is C30H35N. The molecule has 1 aliphatic carbocycles. The molecule has 2 fully saturated rings. The lowest BCUT2D eigenvalue weighted by molar-refractivity contribution is 0.176. The molecule has 1 nitrogen and oxygen atoms in total. The summed E-state index contributed by atoms with van der Waals surface area (Å²) in [6.45, 7) is 3.77. The van der Waals surface area contributed by atoms with Gasteiger partial charge < -0.3 is 4.90 Å². The standard InChI is InChI=1S/C30H35N/c1-4-10-24(11-5-1)20-25-21-29(30(22-25)28-14-8-3-9-15-28)23-31-18-16-27(17-19-31)26-12-6-2-7-13-26/h1-15,25,27,29-30H,16-23H2. The third-order valence-corrected chi connectivity index (χ3v) is 7.74. The van der Waals surface area contributed by atoms with Crippen LogP contribution in [0, 0.1) is 11.8 Å². The van der Waals surface area contributed by atoms with Crippen molar-refractivity contribution in [2.24, 2.45) is 11.8 Å².